The van der Waals surface area contributed by atoms with Crippen molar-refractivity contribution in [1.29, 1.82) is 0 Å². The summed E-state index contributed by atoms with van der Waals surface area (Å²) in [6.07, 6.45) is 0.601. The third-order valence-electron chi connectivity index (χ3n) is 3.16. The first-order valence-corrected chi connectivity index (χ1v) is 7.05. The van der Waals surface area contributed by atoms with E-state index in [1.165, 1.54) is 0 Å². The van der Waals surface area contributed by atoms with E-state index in [9.17, 15) is 9.59 Å². The summed E-state index contributed by atoms with van der Waals surface area (Å²) in [6.45, 7) is 4.40. The van der Waals surface area contributed by atoms with Crippen LogP contribution in [0.4, 0.5) is 10.5 Å². The van der Waals surface area contributed by atoms with Crippen LogP contribution in [-0.4, -0.2) is 48.7 Å². The smallest absolute Gasteiger partial charge is 0.319 e. The number of aryl methyl sites for hydroxylation is 1. The normalized spacial score (nSPS) is 10.4. The molecule has 6 heteroatoms. The first kappa shape index (κ1) is 17.0. The molecule has 0 radical (unpaired) electrons. The van der Waals surface area contributed by atoms with Crippen molar-refractivity contribution in [3.63, 3.8) is 0 Å². The number of nitrogens with one attached hydrogen (secondary N) is 2. The van der Waals surface area contributed by atoms with Crippen molar-refractivity contribution >= 4 is 17.7 Å². The Balaban J connectivity index is 2.34. The molecule has 1 aromatic rings. The third kappa shape index (κ3) is 7.31. The topological polar surface area (TPSA) is 81.7 Å². The van der Waals surface area contributed by atoms with Gasteiger partial charge in [-0.25, -0.2) is 4.79 Å². The average molecular weight is 293 g/mol. The largest absolute Gasteiger partial charge is 0.481 e. The second-order valence-corrected chi connectivity index (χ2v) is 4.87. The van der Waals surface area contributed by atoms with Crippen LogP contribution in [0.1, 0.15) is 18.9 Å². The molecule has 0 aliphatic heterocycles. The number of urea groups is 1. The Morgan fingerprint density at radius 2 is 1.90 bits per heavy atom. The molecular weight excluding hydrogens is 270 g/mol. The first-order valence-electron chi connectivity index (χ1n) is 7.05. The molecule has 0 fully saturated rings. The zero-order chi connectivity index (χ0) is 15.7. The van der Waals surface area contributed by atoms with E-state index in [1.807, 2.05) is 19.2 Å². The van der Waals surface area contributed by atoms with Gasteiger partial charge in [-0.15, -0.1) is 0 Å². The van der Waals surface area contributed by atoms with Crippen molar-refractivity contribution in [2.45, 2.75) is 19.8 Å². The number of carbonyl (C=O) groups excluding carboxylic acids is 1. The Kier molecular flexibility index (Phi) is 7.25. The standard InChI is InChI=1S/C15H23N3O3/c1-3-18(2)11-10-16-15(21)17-13-7-4-12(5-8-13)6-9-14(19)20/h4-5,7-8H,3,6,9-11H2,1-2H3,(H,19,20)(H2,16,17,21). The minimum absolute atomic E-state index is 0.109. The Morgan fingerprint density at radius 3 is 2.48 bits per heavy atom. The summed E-state index contributed by atoms with van der Waals surface area (Å²) in [7, 11) is 2.00. The minimum Gasteiger partial charge on any atom is -0.481 e. The highest BCUT2D eigenvalue weighted by Gasteiger charge is 2.03. The Labute approximate surface area is 125 Å². The van der Waals surface area contributed by atoms with Crippen molar-refractivity contribution in [1.82, 2.24) is 10.2 Å². The summed E-state index contributed by atoms with van der Waals surface area (Å²) in [4.78, 5) is 24.3. The molecule has 0 saturated heterocycles. The molecule has 6 nitrogen and oxygen atoms in total. The molecule has 1 rings (SSSR count). The number of carboxylic acids is 1. The lowest BCUT2D eigenvalue weighted by Gasteiger charge is -2.14. The lowest BCUT2D eigenvalue weighted by Crippen LogP contribution is -2.35. The highest BCUT2D eigenvalue weighted by molar-refractivity contribution is 5.89. The number of anilines is 1. The van der Waals surface area contributed by atoms with Crippen LogP contribution >= 0.6 is 0 Å². The summed E-state index contributed by atoms with van der Waals surface area (Å²) < 4.78 is 0. The Hall–Kier alpha value is -2.08. The third-order valence-corrected chi connectivity index (χ3v) is 3.16. The van der Waals surface area contributed by atoms with E-state index in [0.717, 1.165) is 18.7 Å². The molecule has 0 aliphatic rings. The molecule has 0 bridgehead atoms. The maximum Gasteiger partial charge on any atom is 0.319 e. The van der Waals surface area contributed by atoms with Gasteiger partial charge < -0.3 is 20.6 Å². The van der Waals surface area contributed by atoms with Gasteiger partial charge in [0.1, 0.15) is 0 Å². The molecule has 0 heterocycles. The lowest BCUT2D eigenvalue weighted by molar-refractivity contribution is -0.136. The Morgan fingerprint density at radius 1 is 1.24 bits per heavy atom. The molecule has 0 aromatic heterocycles. The maximum atomic E-state index is 11.7. The number of carbonyl (C=O) groups is 2. The number of aliphatic carboxylic acids is 1. The van der Waals surface area contributed by atoms with E-state index >= 15 is 0 Å². The van der Waals surface area contributed by atoms with Gasteiger partial charge in [-0.1, -0.05) is 19.1 Å². The van der Waals surface area contributed by atoms with Crippen molar-refractivity contribution in [3.8, 4) is 0 Å². The Bertz CT molecular complexity index is 460. The molecular formula is C15H23N3O3. The summed E-state index contributed by atoms with van der Waals surface area (Å²) >= 11 is 0. The number of hydrogen-bond donors (Lipinski definition) is 3. The zero-order valence-corrected chi connectivity index (χ0v) is 12.6. The molecule has 21 heavy (non-hydrogen) atoms. The number of nitrogens with zero attached hydrogens (tertiary/aromatic N) is 1. The van der Waals surface area contributed by atoms with E-state index < -0.39 is 5.97 Å². The zero-order valence-electron chi connectivity index (χ0n) is 12.6. The number of hydrogen-bond acceptors (Lipinski definition) is 3. The molecule has 0 saturated carbocycles. The van der Waals surface area contributed by atoms with Gasteiger partial charge in [0.2, 0.25) is 0 Å². The number of rotatable bonds is 8. The van der Waals surface area contributed by atoms with E-state index in [2.05, 4.69) is 22.5 Å². The van der Waals surface area contributed by atoms with Crippen molar-refractivity contribution < 1.29 is 14.7 Å². The van der Waals surface area contributed by atoms with Crippen molar-refractivity contribution in [2.24, 2.45) is 0 Å². The number of likely N-dealkylation sites (N-methyl/N-ethyl adjacent to an activating group) is 1. The van der Waals surface area contributed by atoms with E-state index in [4.69, 9.17) is 5.11 Å². The van der Waals surface area contributed by atoms with Crippen LogP contribution in [0, 0.1) is 0 Å². The summed E-state index contributed by atoms with van der Waals surface area (Å²) in [5.41, 5.74) is 1.63. The van der Waals surface area contributed by atoms with Gasteiger partial charge in [-0.05, 0) is 37.7 Å². The number of benzene rings is 1. The van der Waals surface area contributed by atoms with Gasteiger partial charge in [-0.3, -0.25) is 4.79 Å². The predicted molar refractivity (Wildman–Crippen MR) is 82.6 cm³/mol. The van der Waals surface area contributed by atoms with Gasteiger partial charge in [-0.2, -0.15) is 0 Å². The molecule has 2 amide bonds. The fourth-order valence-corrected chi connectivity index (χ4v) is 1.70. The molecule has 0 spiro atoms. The SMILES string of the molecule is CCN(C)CCNC(=O)Nc1ccc(CCC(=O)O)cc1. The predicted octanol–water partition coefficient (Wildman–Crippen LogP) is 1.78. The average Bonchev–Trinajstić information content (AvgIpc) is 2.46. The maximum absolute atomic E-state index is 11.7. The summed E-state index contributed by atoms with van der Waals surface area (Å²) in [5.74, 6) is -0.811. The monoisotopic (exact) mass is 293 g/mol. The van der Waals surface area contributed by atoms with Gasteiger partial charge in [0.05, 0.1) is 0 Å². The quantitative estimate of drug-likeness (QED) is 0.682. The van der Waals surface area contributed by atoms with Gasteiger partial charge in [0.25, 0.3) is 0 Å². The molecule has 116 valence electrons. The fraction of sp³-hybridized carbons (Fsp3) is 0.467. The van der Waals surface area contributed by atoms with Crippen molar-refractivity contribution in [2.75, 3.05) is 32.0 Å². The molecule has 3 N–H and O–H groups in total. The van der Waals surface area contributed by atoms with E-state index in [0.29, 0.717) is 18.7 Å². The number of amides is 2. The van der Waals surface area contributed by atoms with Crippen LogP contribution in [-0.2, 0) is 11.2 Å². The van der Waals surface area contributed by atoms with E-state index in [-0.39, 0.29) is 12.5 Å². The lowest BCUT2D eigenvalue weighted by atomic mass is 10.1. The second kappa shape index (κ2) is 8.97. The molecule has 1 aromatic carbocycles. The van der Waals surface area contributed by atoms with Gasteiger partial charge in [0, 0.05) is 25.2 Å². The minimum atomic E-state index is -0.811. The van der Waals surface area contributed by atoms with Crippen molar-refractivity contribution in [3.05, 3.63) is 29.8 Å². The van der Waals surface area contributed by atoms with Gasteiger partial charge in [0.15, 0.2) is 0 Å². The fourth-order valence-electron chi connectivity index (χ4n) is 1.70. The second-order valence-electron chi connectivity index (χ2n) is 4.87. The molecule has 0 aliphatic carbocycles. The highest BCUT2D eigenvalue weighted by Crippen LogP contribution is 2.10. The van der Waals surface area contributed by atoms with Gasteiger partial charge >= 0.3 is 12.0 Å². The van der Waals surface area contributed by atoms with Crippen LogP contribution in [0.5, 0.6) is 0 Å². The number of carboxylic acid groups (broad SMARTS) is 1. The highest BCUT2D eigenvalue weighted by atomic mass is 16.4. The van der Waals surface area contributed by atoms with Crippen LogP contribution in [0.25, 0.3) is 0 Å². The first-order chi connectivity index (χ1) is 10.0. The van der Waals surface area contributed by atoms with Crippen LogP contribution in [0.2, 0.25) is 0 Å². The molecule has 0 unspecified atom stereocenters. The van der Waals surface area contributed by atoms with Crippen LogP contribution < -0.4 is 10.6 Å². The van der Waals surface area contributed by atoms with Crippen LogP contribution in [0.15, 0.2) is 24.3 Å². The van der Waals surface area contributed by atoms with E-state index in [1.54, 1.807) is 12.1 Å². The summed E-state index contributed by atoms with van der Waals surface area (Å²) in [6, 6.07) is 6.95. The van der Waals surface area contributed by atoms with Crippen LogP contribution in [0.3, 0.4) is 0 Å². The molecule has 0 atom stereocenters. The summed E-state index contributed by atoms with van der Waals surface area (Å²) in [5, 5.41) is 14.1.